The monoisotopic (exact) mass is 538 g/mol. The van der Waals surface area contributed by atoms with E-state index < -0.39 is 36.6 Å². The van der Waals surface area contributed by atoms with Gasteiger partial charge >= 0.3 is 5.97 Å². The summed E-state index contributed by atoms with van der Waals surface area (Å²) in [6, 6.07) is 0. The summed E-state index contributed by atoms with van der Waals surface area (Å²) in [6.07, 6.45) is -1.10. The Kier molecular flexibility index (Phi) is 8.68. The summed E-state index contributed by atoms with van der Waals surface area (Å²) >= 11 is 2.18. The Morgan fingerprint density at radius 2 is 1.70 bits per heavy atom. The van der Waals surface area contributed by atoms with Crippen molar-refractivity contribution in [3.8, 4) is 0 Å². The number of ketones is 1. The molecule has 0 aromatic carbocycles. The topological polar surface area (TPSA) is 112 Å². The molecule has 0 aromatic rings. The zero-order chi connectivity index (χ0) is 21.8. The van der Waals surface area contributed by atoms with E-state index in [1.165, 1.54) is 7.11 Å². The number of esters is 1. The van der Waals surface area contributed by atoms with Crippen molar-refractivity contribution in [1.29, 1.82) is 0 Å². The van der Waals surface area contributed by atoms with Crippen LogP contribution in [0.5, 0.6) is 0 Å². The molecule has 8 nitrogen and oxygen atoms in total. The number of carbonyl (C=O) groups is 2. The molecule has 0 spiro atoms. The number of ether oxygens (including phenoxy) is 4. The maximum Gasteiger partial charge on any atom is 0.308 e. The van der Waals surface area contributed by atoms with E-state index >= 15 is 0 Å². The molecule has 0 aliphatic carbocycles. The second-order valence-corrected chi connectivity index (χ2v) is 9.83. The summed E-state index contributed by atoms with van der Waals surface area (Å²) in [6.45, 7) is 3.84. The van der Waals surface area contributed by atoms with Gasteiger partial charge in [-0.3, -0.25) is 9.59 Å². The Morgan fingerprint density at radius 1 is 1.00 bits per heavy atom. The number of Topliss-reactive ketones (excluding diaryl/α,β-unsaturated/α-hetero) is 1. The Morgan fingerprint density at radius 3 is 2.40 bits per heavy atom. The van der Waals surface area contributed by atoms with Gasteiger partial charge in [-0.25, -0.2) is 0 Å². The molecule has 9 heteroatoms. The van der Waals surface area contributed by atoms with Gasteiger partial charge in [0.2, 0.25) is 0 Å². The van der Waals surface area contributed by atoms with E-state index in [-0.39, 0.29) is 36.8 Å². The second kappa shape index (κ2) is 10.8. The summed E-state index contributed by atoms with van der Waals surface area (Å²) in [5.41, 5.74) is 0. The van der Waals surface area contributed by atoms with Crippen molar-refractivity contribution in [2.45, 2.75) is 100 Å². The molecule has 0 radical (unpaired) electrons. The van der Waals surface area contributed by atoms with Crippen LogP contribution >= 0.6 is 22.6 Å². The van der Waals surface area contributed by atoms with Crippen LogP contribution in [0.4, 0.5) is 0 Å². The SMILES string of the molecule is C=C(I)CCCCC(=O)CC1OC2C(O)[C@H]3OC(CC(=O)OC)CC[C@@H]3O[C@H]2C1O. The number of hydrogen-bond donors (Lipinski definition) is 2. The van der Waals surface area contributed by atoms with Gasteiger partial charge in [-0.2, -0.15) is 0 Å². The summed E-state index contributed by atoms with van der Waals surface area (Å²) < 4.78 is 23.5. The predicted molar refractivity (Wildman–Crippen MR) is 115 cm³/mol. The zero-order valence-electron chi connectivity index (χ0n) is 17.2. The van der Waals surface area contributed by atoms with Crippen LogP contribution in [0.15, 0.2) is 10.2 Å². The molecule has 2 N–H and O–H groups in total. The number of unbranched alkanes of at least 4 members (excludes halogenated alkanes) is 1. The molecular weight excluding hydrogens is 507 g/mol. The Hall–Kier alpha value is -0.590. The molecule has 170 valence electrons. The van der Waals surface area contributed by atoms with Gasteiger partial charge in [-0.15, -0.1) is 0 Å². The molecule has 3 aliphatic heterocycles. The van der Waals surface area contributed by atoms with Crippen LogP contribution in [0.25, 0.3) is 0 Å². The quantitative estimate of drug-likeness (QED) is 0.260. The van der Waals surface area contributed by atoms with E-state index in [0.29, 0.717) is 19.3 Å². The number of carbonyl (C=O) groups excluding carboxylic acids is 2. The van der Waals surface area contributed by atoms with E-state index in [1.807, 2.05) is 0 Å². The van der Waals surface area contributed by atoms with Crippen molar-refractivity contribution in [3.63, 3.8) is 0 Å². The minimum Gasteiger partial charge on any atom is -0.469 e. The van der Waals surface area contributed by atoms with Crippen molar-refractivity contribution < 1.29 is 38.7 Å². The maximum absolute atomic E-state index is 12.3. The molecule has 0 aromatic heterocycles. The van der Waals surface area contributed by atoms with E-state index in [2.05, 4.69) is 33.9 Å². The summed E-state index contributed by atoms with van der Waals surface area (Å²) in [5, 5.41) is 21.5. The van der Waals surface area contributed by atoms with Gasteiger partial charge < -0.3 is 29.2 Å². The number of fused-ring (bicyclic) bond motifs is 2. The van der Waals surface area contributed by atoms with Gasteiger partial charge in [0, 0.05) is 12.8 Å². The van der Waals surface area contributed by atoms with Crippen molar-refractivity contribution in [3.05, 3.63) is 10.2 Å². The van der Waals surface area contributed by atoms with Crippen molar-refractivity contribution >= 4 is 34.3 Å². The molecule has 3 heterocycles. The average molecular weight is 538 g/mol. The highest BCUT2D eigenvalue weighted by molar-refractivity contribution is 14.1. The van der Waals surface area contributed by atoms with Crippen LogP contribution in [0, 0.1) is 0 Å². The van der Waals surface area contributed by atoms with Gasteiger partial charge in [0.1, 0.15) is 36.3 Å². The first-order valence-electron chi connectivity index (χ1n) is 10.5. The molecule has 3 fully saturated rings. The summed E-state index contributed by atoms with van der Waals surface area (Å²) in [5.74, 6) is -0.338. The third-order valence-corrected chi connectivity index (χ3v) is 6.61. The summed E-state index contributed by atoms with van der Waals surface area (Å²) in [4.78, 5) is 23.8. The van der Waals surface area contributed by atoms with Gasteiger partial charge in [0.25, 0.3) is 0 Å². The van der Waals surface area contributed by atoms with Crippen molar-refractivity contribution in [2.24, 2.45) is 0 Å². The van der Waals surface area contributed by atoms with Crippen LogP contribution in [0.1, 0.15) is 51.4 Å². The molecule has 8 atom stereocenters. The van der Waals surface area contributed by atoms with Crippen LogP contribution in [-0.2, 0) is 28.5 Å². The van der Waals surface area contributed by atoms with Gasteiger partial charge in [0.15, 0.2) is 0 Å². The number of hydrogen-bond acceptors (Lipinski definition) is 8. The lowest BCUT2D eigenvalue weighted by atomic mass is 9.87. The molecule has 0 bridgehead atoms. The summed E-state index contributed by atoms with van der Waals surface area (Å²) in [7, 11) is 1.33. The molecular formula is C21H31IO8. The predicted octanol–water partition coefficient (Wildman–Crippen LogP) is 1.82. The van der Waals surface area contributed by atoms with Crippen LogP contribution in [0.3, 0.4) is 0 Å². The third-order valence-electron chi connectivity index (χ3n) is 6.07. The smallest absolute Gasteiger partial charge is 0.308 e. The van der Waals surface area contributed by atoms with E-state index in [9.17, 15) is 19.8 Å². The molecule has 5 unspecified atom stereocenters. The molecule has 0 amide bonds. The first kappa shape index (κ1) is 24.1. The molecule has 3 rings (SSSR count). The number of rotatable bonds is 9. The largest absolute Gasteiger partial charge is 0.469 e. The lowest BCUT2D eigenvalue weighted by molar-refractivity contribution is -0.259. The fourth-order valence-electron chi connectivity index (χ4n) is 4.48. The Bertz CT molecular complexity index is 640. The number of methoxy groups -OCH3 is 1. The van der Waals surface area contributed by atoms with E-state index in [1.54, 1.807) is 0 Å². The van der Waals surface area contributed by atoms with Crippen LogP contribution < -0.4 is 0 Å². The lowest BCUT2D eigenvalue weighted by Gasteiger charge is -2.46. The fourth-order valence-corrected chi connectivity index (χ4v) is 4.86. The minimum absolute atomic E-state index is 0.0260. The minimum atomic E-state index is -1.00. The van der Waals surface area contributed by atoms with E-state index in [4.69, 9.17) is 14.2 Å². The first-order valence-corrected chi connectivity index (χ1v) is 11.6. The molecule has 3 saturated heterocycles. The fraction of sp³-hybridized carbons (Fsp3) is 0.810. The third kappa shape index (κ3) is 5.80. The first-order chi connectivity index (χ1) is 14.3. The maximum atomic E-state index is 12.3. The van der Waals surface area contributed by atoms with Gasteiger partial charge in [-0.1, -0.05) is 6.58 Å². The Labute approximate surface area is 190 Å². The van der Waals surface area contributed by atoms with Crippen molar-refractivity contribution in [1.82, 2.24) is 0 Å². The molecule has 30 heavy (non-hydrogen) atoms. The molecule has 3 aliphatic rings. The normalized spacial score (nSPS) is 37.9. The second-order valence-electron chi connectivity index (χ2n) is 8.31. The zero-order valence-corrected chi connectivity index (χ0v) is 19.4. The highest BCUT2D eigenvalue weighted by atomic mass is 127. The van der Waals surface area contributed by atoms with Gasteiger partial charge in [-0.05, 0) is 58.3 Å². The number of aliphatic hydroxyl groups excluding tert-OH is 2. The highest BCUT2D eigenvalue weighted by Crippen LogP contribution is 2.40. The van der Waals surface area contributed by atoms with Crippen molar-refractivity contribution in [2.75, 3.05) is 7.11 Å². The highest BCUT2D eigenvalue weighted by Gasteiger charge is 2.57. The Balaban J connectivity index is 1.53. The number of halogens is 1. The van der Waals surface area contributed by atoms with Crippen LogP contribution in [0.2, 0.25) is 0 Å². The average Bonchev–Trinajstić information content (AvgIpc) is 3.01. The van der Waals surface area contributed by atoms with E-state index in [0.717, 1.165) is 22.8 Å². The standard InChI is InChI=1S/C21H31IO8/c1-11(22)5-3-4-6-12(23)9-15-17(25)20-21(30-15)18(26)19-14(29-20)8-7-13(28-19)10-16(24)27-2/h13-15,17-21,25-26H,1,3-10H2,2H3/t13?,14-,15?,17?,18?,19-,20-,21?/m0/s1. The number of allylic oxidation sites excluding steroid dienone is 1. The molecule has 0 saturated carbocycles. The number of aliphatic hydroxyl groups is 2. The lowest BCUT2D eigenvalue weighted by Crippen LogP contribution is -2.61. The van der Waals surface area contributed by atoms with Crippen LogP contribution in [-0.4, -0.2) is 77.9 Å². The van der Waals surface area contributed by atoms with Gasteiger partial charge in [0.05, 0.1) is 31.8 Å².